The number of alkyl carbamates (subject to hydrolysis) is 1. The number of fused-ring (bicyclic) bond motifs is 2. The Morgan fingerprint density at radius 3 is 2.58 bits per heavy atom. The molecule has 2 heterocycles. The molecule has 3 amide bonds. The van der Waals surface area contributed by atoms with Gasteiger partial charge in [0.2, 0.25) is 11.8 Å². The highest BCUT2D eigenvalue weighted by Crippen LogP contribution is 2.46. The molecule has 3 atom stereocenters. The van der Waals surface area contributed by atoms with Crippen molar-refractivity contribution >= 4 is 23.6 Å². The number of benzene rings is 2. The molecule has 2 aliphatic rings. The fourth-order valence-electron chi connectivity index (χ4n) is 4.60. The highest BCUT2D eigenvalue weighted by Gasteiger charge is 2.56. The molecule has 1 spiro atoms. The zero-order valence-electron chi connectivity index (χ0n) is 20.6. The van der Waals surface area contributed by atoms with E-state index in [-0.39, 0.29) is 32.1 Å². The molecule has 2 N–H and O–H groups in total. The Hall–Kier alpha value is -3.90. The van der Waals surface area contributed by atoms with E-state index < -0.39 is 35.1 Å². The molecule has 0 aliphatic carbocycles. The van der Waals surface area contributed by atoms with E-state index in [0.29, 0.717) is 5.69 Å². The molecule has 1 saturated heterocycles. The van der Waals surface area contributed by atoms with Crippen LogP contribution < -0.4 is 10.6 Å². The summed E-state index contributed by atoms with van der Waals surface area (Å²) >= 11 is 0. The maximum atomic E-state index is 13.7. The van der Waals surface area contributed by atoms with Gasteiger partial charge in [0.05, 0.1) is 23.7 Å². The third-order valence-corrected chi connectivity index (χ3v) is 6.40. The first-order chi connectivity index (χ1) is 17.1. The number of carbonyl (C=O) groups excluding carboxylic acids is 3. The Bertz CT molecular complexity index is 1190. The van der Waals surface area contributed by atoms with Gasteiger partial charge in [0, 0.05) is 18.7 Å². The lowest BCUT2D eigenvalue weighted by Crippen LogP contribution is -2.53. The molecule has 188 valence electrons. The van der Waals surface area contributed by atoms with Crippen LogP contribution in [0.25, 0.3) is 0 Å². The third-order valence-electron chi connectivity index (χ3n) is 6.40. The van der Waals surface area contributed by atoms with Gasteiger partial charge in [0.25, 0.3) is 0 Å². The van der Waals surface area contributed by atoms with Crippen molar-refractivity contribution in [3.8, 4) is 6.07 Å². The SMILES string of the molecule is CC(C)(C)OC[C@H](NC(=O)OCc1ccccc1)C(=O)N1CC2(C[C@H]1C#N)C(=O)Nc1ccccc12. The topological polar surface area (TPSA) is 121 Å². The number of anilines is 1. The van der Waals surface area contributed by atoms with Crippen LogP contribution >= 0.6 is 0 Å². The van der Waals surface area contributed by atoms with Crippen molar-refractivity contribution in [1.82, 2.24) is 10.2 Å². The van der Waals surface area contributed by atoms with E-state index >= 15 is 0 Å². The predicted octanol–water partition coefficient (Wildman–Crippen LogP) is 3.11. The van der Waals surface area contributed by atoms with Crippen molar-refractivity contribution < 1.29 is 23.9 Å². The molecule has 1 fully saturated rings. The van der Waals surface area contributed by atoms with Crippen LogP contribution in [0.2, 0.25) is 0 Å². The number of carbonyl (C=O) groups is 3. The number of rotatable bonds is 6. The van der Waals surface area contributed by atoms with Crippen LogP contribution in [-0.2, 0) is 31.1 Å². The molecule has 0 aromatic heterocycles. The van der Waals surface area contributed by atoms with Crippen LogP contribution in [-0.4, -0.2) is 53.6 Å². The van der Waals surface area contributed by atoms with E-state index in [1.807, 2.05) is 69.3 Å². The molecule has 2 aromatic rings. The normalized spacial score (nSPS) is 21.4. The van der Waals surface area contributed by atoms with Crippen molar-refractivity contribution in [2.45, 2.75) is 56.9 Å². The largest absolute Gasteiger partial charge is 0.445 e. The van der Waals surface area contributed by atoms with Gasteiger partial charge in [-0.2, -0.15) is 5.26 Å². The standard InChI is InChI=1S/C27H30N4O5/c1-26(2,3)36-16-22(30-25(34)35-15-18-9-5-4-6-10-18)23(32)31-17-27(13-19(31)14-28)20-11-7-8-12-21(20)29-24(27)33/h4-12,19,22H,13,15-17H2,1-3H3,(H,29,33)(H,30,34)/t19-,22-,27?/m0/s1. The van der Waals surface area contributed by atoms with Gasteiger partial charge in [-0.15, -0.1) is 0 Å². The van der Waals surface area contributed by atoms with Crippen molar-refractivity contribution in [2.75, 3.05) is 18.5 Å². The maximum absolute atomic E-state index is 13.7. The monoisotopic (exact) mass is 490 g/mol. The Balaban J connectivity index is 1.53. The Morgan fingerprint density at radius 2 is 1.89 bits per heavy atom. The second-order valence-electron chi connectivity index (χ2n) is 10.1. The summed E-state index contributed by atoms with van der Waals surface area (Å²) in [6, 6.07) is 16.7. The average molecular weight is 491 g/mol. The summed E-state index contributed by atoms with van der Waals surface area (Å²) in [6.07, 6.45) is -0.607. The summed E-state index contributed by atoms with van der Waals surface area (Å²) in [6.45, 7) is 5.46. The molecule has 0 radical (unpaired) electrons. The number of nitriles is 1. The number of nitrogens with one attached hydrogen (secondary N) is 2. The van der Waals surface area contributed by atoms with Gasteiger partial charge in [0.15, 0.2) is 0 Å². The summed E-state index contributed by atoms with van der Waals surface area (Å²) in [5.74, 6) is -0.742. The van der Waals surface area contributed by atoms with Crippen LogP contribution in [0, 0.1) is 11.3 Å². The van der Waals surface area contributed by atoms with E-state index in [2.05, 4.69) is 16.7 Å². The van der Waals surface area contributed by atoms with Crippen molar-refractivity contribution in [3.63, 3.8) is 0 Å². The molecule has 2 aromatic carbocycles. The summed E-state index contributed by atoms with van der Waals surface area (Å²) in [5, 5.41) is 15.4. The quantitative estimate of drug-likeness (QED) is 0.642. The number of hydrogen-bond donors (Lipinski definition) is 2. The van der Waals surface area contributed by atoms with Crippen LogP contribution in [0.4, 0.5) is 10.5 Å². The lowest BCUT2D eigenvalue weighted by Gasteiger charge is -2.29. The van der Waals surface area contributed by atoms with Crippen molar-refractivity contribution in [1.29, 1.82) is 5.26 Å². The van der Waals surface area contributed by atoms with Crippen LogP contribution in [0.3, 0.4) is 0 Å². The zero-order valence-corrected chi connectivity index (χ0v) is 20.6. The Kier molecular flexibility index (Phi) is 7.00. The smallest absolute Gasteiger partial charge is 0.408 e. The maximum Gasteiger partial charge on any atom is 0.408 e. The lowest BCUT2D eigenvalue weighted by atomic mass is 9.80. The summed E-state index contributed by atoms with van der Waals surface area (Å²) in [7, 11) is 0. The molecule has 2 aliphatic heterocycles. The second-order valence-corrected chi connectivity index (χ2v) is 10.1. The predicted molar refractivity (Wildman–Crippen MR) is 132 cm³/mol. The van der Waals surface area contributed by atoms with Gasteiger partial charge < -0.3 is 25.0 Å². The van der Waals surface area contributed by atoms with E-state index in [4.69, 9.17) is 9.47 Å². The molecule has 0 saturated carbocycles. The van der Waals surface area contributed by atoms with Gasteiger partial charge in [0.1, 0.15) is 18.7 Å². The lowest BCUT2D eigenvalue weighted by molar-refractivity contribution is -0.136. The first-order valence-electron chi connectivity index (χ1n) is 11.9. The molecule has 1 unspecified atom stereocenters. The first kappa shape index (κ1) is 25.2. The minimum Gasteiger partial charge on any atom is -0.445 e. The second kappa shape index (κ2) is 9.99. The van der Waals surface area contributed by atoms with E-state index in [0.717, 1.165) is 11.1 Å². The van der Waals surface area contributed by atoms with Gasteiger partial charge in [-0.3, -0.25) is 9.59 Å². The van der Waals surface area contributed by atoms with Crippen LogP contribution in [0.1, 0.15) is 38.3 Å². The molecule has 9 nitrogen and oxygen atoms in total. The number of nitrogens with zero attached hydrogens (tertiary/aromatic N) is 2. The van der Waals surface area contributed by atoms with Crippen LogP contribution in [0.15, 0.2) is 54.6 Å². The highest BCUT2D eigenvalue weighted by atomic mass is 16.5. The van der Waals surface area contributed by atoms with Crippen LogP contribution in [0.5, 0.6) is 0 Å². The fraction of sp³-hybridized carbons (Fsp3) is 0.407. The van der Waals surface area contributed by atoms with Gasteiger partial charge >= 0.3 is 6.09 Å². The summed E-state index contributed by atoms with van der Waals surface area (Å²) in [4.78, 5) is 40.7. The Labute approximate surface area is 210 Å². The zero-order chi connectivity index (χ0) is 25.9. The third kappa shape index (κ3) is 5.19. The number of likely N-dealkylation sites (tertiary alicyclic amines) is 1. The summed E-state index contributed by atoms with van der Waals surface area (Å²) < 4.78 is 11.1. The first-order valence-corrected chi connectivity index (χ1v) is 11.9. The van der Waals surface area contributed by atoms with E-state index in [9.17, 15) is 19.6 Å². The number of ether oxygens (including phenoxy) is 2. The number of amides is 3. The number of para-hydroxylation sites is 1. The van der Waals surface area contributed by atoms with Crippen molar-refractivity contribution in [2.24, 2.45) is 0 Å². The molecule has 36 heavy (non-hydrogen) atoms. The minimum atomic E-state index is -1.10. The van der Waals surface area contributed by atoms with Gasteiger partial charge in [-0.25, -0.2) is 4.79 Å². The molecule has 4 rings (SSSR count). The van der Waals surface area contributed by atoms with Gasteiger partial charge in [-0.1, -0.05) is 48.5 Å². The van der Waals surface area contributed by atoms with E-state index in [1.165, 1.54) is 4.90 Å². The average Bonchev–Trinajstić information content (AvgIpc) is 3.38. The Morgan fingerprint density at radius 1 is 1.19 bits per heavy atom. The van der Waals surface area contributed by atoms with E-state index in [1.54, 1.807) is 6.07 Å². The van der Waals surface area contributed by atoms with Gasteiger partial charge in [-0.05, 0) is 38.0 Å². The molecular weight excluding hydrogens is 460 g/mol. The molecule has 0 bridgehead atoms. The fourth-order valence-corrected chi connectivity index (χ4v) is 4.60. The summed E-state index contributed by atoms with van der Waals surface area (Å²) in [5.41, 5.74) is 0.667. The number of hydrogen-bond acceptors (Lipinski definition) is 6. The minimum absolute atomic E-state index is 0.0274. The molecule has 9 heteroatoms. The van der Waals surface area contributed by atoms with Crippen molar-refractivity contribution in [3.05, 3.63) is 65.7 Å². The molecular formula is C27H30N4O5. The highest BCUT2D eigenvalue weighted by molar-refractivity contribution is 6.07.